The summed E-state index contributed by atoms with van der Waals surface area (Å²) < 4.78 is 5.16. The van der Waals surface area contributed by atoms with Crippen molar-refractivity contribution in [1.29, 1.82) is 0 Å². The molecule has 1 saturated carbocycles. The summed E-state index contributed by atoms with van der Waals surface area (Å²) in [6, 6.07) is 1.98. The number of allylic oxidation sites excluding steroid dienone is 1. The zero-order valence-corrected chi connectivity index (χ0v) is 14.6. The predicted octanol–water partition coefficient (Wildman–Crippen LogP) is 4.05. The molecule has 4 heteroatoms. The molecule has 1 aromatic heterocycles. The van der Waals surface area contributed by atoms with Gasteiger partial charge in [-0.15, -0.1) is 0 Å². The summed E-state index contributed by atoms with van der Waals surface area (Å²) in [5, 5.41) is 19.7. The number of furan rings is 1. The lowest BCUT2D eigenvalue weighted by Gasteiger charge is -2.56. The molecule has 0 aromatic carbocycles. The predicted molar refractivity (Wildman–Crippen MR) is 91.5 cm³/mol. The van der Waals surface area contributed by atoms with E-state index in [1.807, 2.05) is 13.0 Å². The zero-order chi connectivity index (χ0) is 17.4. The van der Waals surface area contributed by atoms with Gasteiger partial charge in [0.2, 0.25) is 0 Å². The van der Waals surface area contributed by atoms with Crippen molar-refractivity contribution in [3.8, 4) is 0 Å². The van der Waals surface area contributed by atoms with Gasteiger partial charge >= 0.3 is 5.97 Å². The second kappa shape index (κ2) is 6.40. The van der Waals surface area contributed by atoms with Gasteiger partial charge < -0.3 is 14.6 Å². The van der Waals surface area contributed by atoms with E-state index in [-0.39, 0.29) is 23.9 Å². The Labute approximate surface area is 143 Å². The lowest BCUT2D eigenvalue weighted by atomic mass is 9.47. The average Bonchev–Trinajstić information content (AvgIpc) is 3.05. The number of aryl methyl sites for hydroxylation is 1. The Morgan fingerprint density at radius 3 is 2.79 bits per heavy atom. The number of hydrogen-bond donors (Lipinski definition) is 2. The number of aliphatic hydroxyl groups excluding tert-OH is 1. The lowest BCUT2D eigenvalue weighted by molar-refractivity contribution is -0.162. The average molecular weight is 332 g/mol. The fraction of sp³-hybridized carbons (Fsp3) is 0.650. The SMILES string of the molecule is CC1(C(=O)O)CCCC2(C)C(CCc3ccoc3)C(CO)=CCC12. The van der Waals surface area contributed by atoms with Gasteiger partial charge in [-0.05, 0) is 73.5 Å². The number of carboxylic acids is 1. The minimum atomic E-state index is -0.673. The van der Waals surface area contributed by atoms with E-state index in [4.69, 9.17) is 4.42 Å². The normalized spacial score (nSPS) is 36.0. The molecule has 0 saturated heterocycles. The molecule has 3 rings (SSSR count). The van der Waals surface area contributed by atoms with E-state index >= 15 is 0 Å². The van der Waals surface area contributed by atoms with Gasteiger partial charge in [-0.25, -0.2) is 0 Å². The van der Waals surface area contributed by atoms with Gasteiger partial charge in [0.05, 0.1) is 24.5 Å². The summed E-state index contributed by atoms with van der Waals surface area (Å²) in [6.07, 6.45) is 10.9. The molecule has 0 amide bonds. The number of aliphatic hydroxyl groups is 1. The van der Waals surface area contributed by atoms with Crippen molar-refractivity contribution in [1.82, 2.24) is 0 Å². The molecule has 1 aromatic rings. The van der Waals surface area contributed by atoms with Gasteiger partial charge in [0, 0.05) is 0 Å². The maximum Gasteiger partial charge on any atom is 0.309 e. The third-order valence-corrected chi connectivity index (χ3v) is 6.81. The molecule has 1 heterocycles. The van der Waals surface area contributed by atoms with Crippen LogP contribution in [0.4, 0.5) is 0 Å². The first-order valence-corrected chi connectivity index (χ1v) is 8.96. The second-order valence-electron chi connectivity index (χ2n) is 8.03. The molecule has 0 spiro atoms. The van der Waals surface area contributed by atoms with Crippen LogP contribution in [0.1, 0.15) is 51.5 Å². The van der Waals surface area contributed by atoms with E-state index in [1.165, 1.54) is 0 Å². The van der Waals surface area contributed by atoms with Crippen molar-refractivity contribution < 1.29 is 19.4 Å². The highest BCUT2D eigenvalue weighted by molar-refractivity contribution is 5.75. The van der Waals surface area contributed by atoms with Crippen LogP contribution in [-0.2, 0) is 11.2 Å². The van der Waals surface area contributed by atoms with Crippen LogP contribution in [0.25, 0.3) is 0 Å². The molecule has 2 aliphatic carbocycles. The molecule has 0 bridgehead atoms. The quantitative estimate of drug-likeness (QED) is 0.798. The Morgan fingerprint density at radius 1 is 1.38 bits per heavy atom. The van der Waals surface area contributed by atoms with Crippen LogP contribution in [-0.4, -0.2) is 22.8 Å². The molecular weight excluding hydrogens is 304 g/mol. The van der Waals surface area contributed by atoms with Crippen LogP contribution in [0, 0.1) is 22.7 Å². The molecule has 132 valence electrons. The summed E-state index contributed by atoms with van der Waals surface area (Å²) >= 11 is 0. The topological polar surface area (TPSA) is 70.7 Å². The van der Waals surface area contributed by atoms with E-state index in [0.29, 0.717) is 0 Å². The number of carbonyl (C=O) groups is 1. The molecule has 4 unspecified atom stereocenters. The van der Waals surface area contributed by atoms with Crippen LogP contribution in [0.3, 0.4) is 0 Å². The number of aliphatic carboxylic acids is 1. The first-order valence-electron chi connectivity index (χ1n) is 8.96. The maximum atomic E-state index is 12.0. The third-order valence-electron chi connectivity index (χ3n) is 6.81. The first-order chi connectivity index (χ1) is 11.4. The smallest absolute Gasteiger partial charge is 0.309 e. The molecule has 0 radical (unpaired) electrons. The van der Waals surface area contributed by atoms with E-state index in [9.17, 15) is 15.0 Å². The van der Waals surface area contributed by atoms with Gasteiger partial charge in [0.25, 0.3) is 0 Å². The Balaban J connectivity index is 1.91. The van der Waals surface area contributed by atoms with Crippen molar-refractivity contribution in [2.45, 2.75) is 52.4 Å². The molecule has 0 aliphatic heterocycles. The zero-order valence-electron chi connectivity index (χ0n) is 14.6. The minimum absolute atomic E-state index is 0.0675. The van der Waals surface area contributed by atoms with E-state index in [0.717, 1.165) is 49.7 Å². The number of fused-ring (bicyclic) bond motifs is 1. The highest BCUT2D eigenvalue weighted by atomic mass is 16.4. The van der Waals surface area contributed by atoms with Gasteiger partial charge in [0.15, 0.2) is 0 Å². The highest BCUT2D eigenvalue weighted by Gasteiger charge is 2.56. The number of hydrogen-bond acceptors (Lipinski definition) is 3. The standard InChI is InChI=1S/C20H28O4/c1-19-9-3-10-20(2,18(22)23)17(19)7-5-15(12-21)16(19)6-4-14-8-11-24-13-14/h5,8,11,13,16-17,21H,3-4,6-7,9-10,12H2,1-2H3,(H,22,23). The minimum Gasteiger partial charge on any atom is -0.481 e. The summed E-state index contributed by atoms with van der Waals surface area (Å²) in [4.78, 5) is 12.0. The fourth-order valence-corrected chi connectivity index (χ4v) is 5.39. The highest BCUT2D eigenvalue weighted by Crippen LogP contribution is 2.60. The summed E-state index contributed by atoms with van der Waals surface area (Å²) in [5.74, 6) is -0.316. The largest absolute Gasteiger partial charge is 0.481 e. The summed E-state index contributed by atoms with van der Waals surface area (Å²) in [7, 11) is 0. The van der Waals surface area contributed by atoms with Crippen LogP contribution in [0.15, 0.2) is 34.7 Å². The summed E-state index contributed by atoms with van der Waals surface area (Å²) in [5.41, 5.74) is 1.52. The van der Waals surface area contributed by atoms with Crippen molar-refractivity contribution in [2.24, 2.45) is 22.7 Å². The van der Waals surface area contributed by atoms with Gasteiger partial charge in [-0.3, -0.25) is 4.79 Å². The molecule has 1 fully saturated rings. The third kappa shape index (κ3) is 2.71. The van der Waals surface area contributed by atoms with Crippen molar-refractivity contribution in [2.75, 3.05) is 6.61 Å². The van der Waals surface area contributed by atoms with Crippen molar-refractivity contribution in [3.05, 3.63) is 35.8 Å². The Hall–Kier alpha value is -1.55. The maximum absolute atomic E-state index is 12.0. The number of rotatable bonds is 5. The summed E-state index contributed by atoms with van der Waals surface area (Å²) in [6.45, 7) is 4.24. The Morgan fingerprint density at radius 2 is 2.17 bits per heavy atom. The molecule has 4 nitrogen and oxygen atoms in total. The van der Waals surface area contributed by atoms with Crippen molar-refractivity contribution in [3.63, 3.8) is 0 Å². The van der Waals surface area contributed by atoms with Crippen molar-refractivity contribution >= 4 is 5.97 Å². The van der Waals surface area contributed by atoms with Crippen LogP contribution in [0.2, 0.25) is 0 Å². The molecule has 2 aliphatic rings. The molecule has 2 N–H and O–H groups in total. The molecular formula is C20H28O4. The van der Waals surface area contributed by atoms with Gasteiger partial charge in [-0.2, -0.15) is 0 Å². The van der Waals surface area contributed by atoms with Crippen LogP contribution in [0.5, 0.6) is 0 Å². The number of carboxylic acid groups (broad SMARTS) is 1. The fourth-order valence-electron chi connectivity index (χ4n) is 5.39. The molecule has 4 atom stereocenters. The van der Waals surface area contributed by atoms with Gasteiger partial charge in [-0.1, -0.05) is 19.4 Å². The Bertz CT molecular complexity index is 618. The molecule has 24 heavy (non-hydrogen) atoms. The Kier molecular flexibility index (Phi) is 4.60. The van der Waals surface area contributed by atoms with E-state index in [1.54, 1.807) is 12.5 Å². The van der Waals surface area contributed by atoms with E-state index in [2.05, 4.69) is 13.0 Å². The van der Waals surface area contributed by atoms with Gasteiger partial charge in [0.1, 0.15) is 0 Å². The first kappa shape index (κ1) is 17.3. The second-order valence-corrected chi connectivity index (χ2v) is 8.03. The van der Waals surface area contributed by atoms with E-state index < -0.39 is 11.4 Å². The lowest BCUT2D eigenvalue weighted by Crippen LogP contribution is -2.53. The van der Waals surface area contributed by atoms with Crippen LogP contribution >= 0.6 is 0 Å². The van der Waals surface area contributed by atoms with Crippen LogP contribution < -0.4 is 0 Å². The monoisotopic (exact) mass is 332 g/mol.